The molecule has 0 atom stereocenters. The average Bonchev–Trinajstić information content (AvgIpc) is 2.39. The normalized spacial score (nSPS) is 10.3. The lowest BCUT2D eigenvalue weighted by Gasteiger charge is -2.08. The van der Waals surface area contributed by atoms with Crippen molar-refractivity contribution in [2.45, 2.75) is 6.61 Å². The van der Waals surface area contributed by atoms with Gasteiger partial charge in [0.1, 0.15) is 5.15 Å². The van der Waals surface area contributed by atoms with E-state index in [1.807, 2.05) is 6.07 Å². The summed E-state index contributed by atoms with van der Waals surface area (Å²) >= 11 is 5.71. The molecule has 1 aromatic heterocycles. The minimum atomic E-state index is -1.13. The maximum atomic E-state index is 11.0. The molecular weight excluding hydrogens is 254 g/mol. The molecule has 5 heteroatoms. The Balaban J connectivity index is 2.58. The van der Waals surface area contributed by atoms with Crippen molar-refractivity contribution in [3.05, 3.63) is 52.8 Å². The molecule has 0 amide bonds. The van der Waals surface area contributed by atoms with Crippen molar-refractivity contribution in [2.75, 3.05) is 0 Å². The standard InChI is InChI=1S/C13H10ClNO3/c14-12-11(13(17)18)5-9(6-15-12)10-4-2-1-3-8(10)7-16/h1-6,16H,7H2,(H,17,18). The van der Waals surface area contributed by atoms with Crippen molar-refractivity contribution >= 4 is 17.6 Å². The van der Waals surface area contributed by atoms with Gasteiger partial charge < -0.3 is 10.2 Å². The Morgan fingerprint density at radius 2 is 2.06 bits per heavy atom. The van der Waals surface area contributed by atoms with E-state index in [0.29, 0.717) is 11.1 Å². The van der Waals surface area contributed by atoms with Crippen LogP contribution in [0.25, 0.3) is 11.1 Å². The molecule has 0 aliphatic heterocycles. The van der Waals surface area contributed by atoms with Crippen molar-refractivity contribution in [1.82, 2.24) is 4.98 Å². The van der Waals surface area contributed by atoms with Crippen molar-refractivity contribution < 1.29 is 15.0 Å². The fourth-order valence-corrected chi connectivity index (χ4v) is 1.87. The van der Waals surface area contributed by atoms with E-state index in [9.17, 15) is 9.90 Å². The molecule has 2 rings (SSSR count). The number of hydrogen-bond acceptors (Lipinski definition) is 3. The van der Waals surface area contributed by atoms with Gasteiger partial charge in [0.2, 0.25) is 0 Å². The van der Waals surface area contributed by atoms with E-state index >= 15 is 0 Å². The lowest BCUT2D eigenvalue weighted by Crippen LogP contribution is -2.00. The van der Waals surface area contributed by atoms with Gasteiger partial charge in [0, 0.05) is 11.8 Å². The minimum absolute atomic E-state index is 0.0484. The fourth-order valence-electron chi connectivity index (χ4n) is 1.69. The second kappa shape index (κ2) is 5.16. The highest BCUT2D eigenvalue weighted by molar-refractivity contribution is 6.32. The van der Waals surface area contributed by atoms with E-state index in [-0.39, 0.29) is 17.3 Å². The molecule has 92 valence electrons. The molecule has 0 bridgehead atoms. The Kier molecular flexibility index (Phi) is 3.60. The van der Waals surface area contributed by atoms with Crippen LogP contribution in [0.2, 0.25) is 5.15 Å². The van der Waals surface area contributed by atoms with Gasteiger partial charge >= 0.3 is 5.97 Å². The highest BCUT2D eigenvalue weighted by atomic mass is 35.5. The zero-order valence-corrected chi connectivity index (χ0v) is 10.1. The number of aliphatic hydroxyl groups excluding tert-OH is 1. The zero-order valence-electron chi connectivity index (χ0n) is 9.30. The number of nitrogens with zero attached hydrogens (tertiary/aromatic N) is 1. The number of rotatable bonds is 3. The summed E-state index contributed by atoms with van der Waals surface area (Å²) in [7, 11) is 0. The molecule has 1 heterocycles. The van der Waals surface area contributed by atoms with E-state index < -0.39 is 5.97 Å². The number of pyridine rings is 1. The molecule has 18 heavy (non-hydrogen) atoms. The minimum Gasteiger partial charge on any atom is -0.478 e. The first kappa shape index (κ1) is 12.5. The van der Waals surface area contributed by atoms with Crippen LogP contribution in [0.5, 0.6) is 0 Å². The molecule has 0 fully saturated rings. The van der Waals surface area contributed by atoms with Crippen LogP contribution in [-0.2, 0) is 6.61 Å². The number of carbonyl (C=O) groups is 1. The number of benzene rings is 1. The van der Waals surface area contributed by atoms with Crippen LogP contribution >= 0.6 is 11.6 Å². The third kappa shape index (κ3) is 2.34. The molecule has 1 aromatic carbocycles. The third-order valence-electron chi connectivity index (χ3n) is 2.57. The molecule has 0 spiro atoms. The van der Waals surface area contributed by atoms with Gasteiger partial charge in [-0.15, -0.1) is 0 Å². The predicted octanol–water partition coefficient (Wildman–Crippen LogP) is 2.59. The van der Waals surface area contributed by atoms with Crippen molar-refractivity contribution in [3.63, 3.8) is 0 Å². The summed E-state index contributed by atoms with van der Waals surface area (Å²) in [6.45, 7) is -0.124. The van der Waals surface area contributed by atoms with Gasteiger partial charge in [-0.05, 0) is 17.2 Å². The molecule has 0 saturated heterocycles. The van der Waals surface area contributed by atoms with E-state index in [2.05, 4.69) is 4.98 Å². The quantitative estimate of drug-likeness (QED) is 0.835. The molecular formula is C13H10ClNO3. The molecule has 0 aliphatic carbocycles. The first-order valence-corrected chi connectivity index (χ1v) is 5.59. The van der Waals surface area contributed by atoms with Gasteiger partial charge in [-0.2, -0.15) is 0 Å². The Labute approximate surface area is 108 Å². The highest BCUT2D eigenvalue weighted by Crippen LogP contribution is 2.26. The van der Waals surface area contributed by atoms with E-state index in [1.165, 1.54) is 12.3 Å². The first-order chi connectivity index (χ1) is 8.63. The number of aromatic nitrogens is 1. The maximum Gasteiger partial charge on any atom is 0.338 e. The highest BCUT2D eigenvalue weighted by Gasteiger charge is 2.12. The summed E-state index contributed by atoms with van der Waals surface area (Å²) in [5.41, 5.74) is 2.01. The summed E-state index contributed by atoms with van der Waals surface area (Å²) in [4.78, 5) is 14.8. The van der Waals surface area contributed by atoms with Crippen LogP contribution in [0.4, 0.5) is 0 Å². The predicted molar refractivity (Wildman–Crippen MR) is 67.6 cm³/mol. The monoisotopic (exact) mass is 263 g/mol. The van der Waals surface area contributed by atoms with Crippen LogP contribution in [0.3, 0.4) is 0 Å². The van der Waals surface area contributed by atoms with Crippen molar-refractivity contribution in [2.24, 2.45) is 0 Å². The van der Waals surface area contributed by atoms with Gasteiger partial charge in [-0.25, -0.2) is 9.78 Å². The second-order valence-corrected chi connectivity index (χ2v) is 4.04. The van der Waals surface area contributed by atoms with Gasteiger partial charge in [0.25, 0.3) is 0 Å². The largest absolute Gasteiger partial charge is 0.478 e. The summed E-state index contributed by atoms with van der Waals surface area (Å²) in [5.74, 6) is -1.13. The number of carboxylic acid groups (broad SMARTS) is 1. The van der Waals surface area contributed by atoms with Crippen LogP contribution in [-0.4, -0.2) is 21.2 Å². The smallest absolute Gasteiger partial charge is 0.338 e. The van der Waals surface area contributed by atoms with Gasteiger partial charge in [-0.3, -0.25) is 0 Å². The number of aromatic carboxylic acids is 1. The molecule has 2 aromatic rings. The van der Waals surface area contributed by atoms with Gasteiger partial charge in [0.05, 0.1) is 12.2 Å². The Morgan fingerprint density at radius 3 is 2.72 bits per heavy atom. The molecule has 0 saturated carbocycles. The summed E-state index contributed by atoms with van der Waals surface area (Å²) < 4.78 is 0. The second-order valence-electron chi connectivity index (χ2n) is 3.68. The van der Waals surface area contributed by atoms with Gasteiger partial charge in [0.15, 0.2) is 0 Å². The Hall–Kier alpha value is -1.91. The van der Waals surface area contributed by atoms with Gasteiger partial charge in [-0.1, -0.05) is 35.9 Å². The van der Waals surface area contributed by atoms with Crippen LogP contribution < -0.4 is 0 Å². The van der Waals surface area contributed by atoms with Crippen molar-refractivity contribution in [1.29, 1.82) is 0 Å². The molecule has 0 aliphatic rings. The number of carboxylic acids is 1. The summed E-state index contributed by atoms with van der Waals surface area (Å²) in [6, 6.07) is 8.62. The maximum absolute atomic E-state index is 11.0. The van der Waals surface area contributed by atoms with E-state index in [4.69, 9.17) is 16.7 Å². The number of hydrogen-bond donors (Lipinski definition) is 2. The van der Waals surface area contributed by atoms with Crippen LogP contribution in [0.15, 0.2) is 36.5 Å². The zero-order chi connectivity index (χ0) is 13.1. The number of aliphatic hydroxyl groups is 1. The van der Waals surface area contributed by atoms with E-state index in [0.717, 1.165) is 5.56 Å². The SMILES string of the molecule is O=C(O)c1cc(-c2ccccc2CO)cnc1Cl. The molecule has 2 N–H and O–H groups in total. The molecule has 0 radical (unpaired) electrons. The Morgan fingerprint density at radius 1 is 1.33 bits per heavy atom. The van der Waals surface area contributed by atoms with Crippen molar-refractivity contribution in [3.8, 4) is 11.1 Å². The van der Waals surface area contributed by atoms with E-state index in [1.54, 1.807) is 18.2 Å². The summed E-state index contributed by atoms with van der Waals surface area (Å²) in [5, 5.41) is 18.2. The number of halogens is 1. The van der Waals surface area contributed by atoms with Crippen LogP contribution in [0.1, 0.15) is 15.9 Å². The Bertz CT molecular complexity index is 599. The third-order valence-corrected chi connectivity index (χ3v) is 2.87. The lowest BCUT2D eigenvalue weighted by atomic mass is 10.0. The lowest BCUT2D eigenvalue weighted by molar-refractivity contribution is 0.0696. The fraction of sp³-hybridized carbons (Fsp3) is 0.0769. The first-order valence-electron chi connectivity index (χ1n) is 5.21. The topological polar surface area (TPSA) is 70.4 Å². The molecule has 0 unspecified atom stereocenters. The van der Waals surface area contributed by atoms with Crippen LogP contribution in [0, 0.1) is 0 Å². The average molecular weight is 264 g/mol. The summed E-state index contributed by atoms with van der Waals surface area (Å²) in [6.07, 6.45) is 1.49. The molecule has 4 nitrogen and oxygen atoms in total.